The van der Waals surface area contributed by atoms with E-state index in [-0.39, 0.29) is 5.78 Å². The molecule has 0 atom stereocenters. The number of hydrogen-bond acceptors (Lipinski definition) is 5. The lowest BCUT2D eigenvalue weighted by Crippen LogP contribution is -2.29. The zero-order valence-corrected chi connectivity index (χ0v) is 10.4. The van der Waals surface area contributed by atoms with Gasteiger partial charge in [-0.05, 0) is 12.1 Å². The lowest BCUT2D eigenvalue weighted by atomic mass is 10.0. The summed E-state index contributed by atoms with van der Waals surface area (Å²) in [5, 5.41) is 0. The first kappa shape index (κ1) is 11.8. The van der Waals surface area contributed by atoms with Crippen LogP contribution in [0.25, 0.3) is 0 Å². The number of nitrogens with two attached hydrogens (primary N) is 1. The molecule has 0 bridgehead atoms. The molecule has 5 heteroatoms. The van der Waals surface area contributed by atoms with Gasteiger partial charge in [0.05, 0.1) is 17.6 Å². The van der Waals surface area contributed by atoms with Gasteiger partial charge in [0.2, 0.25) is 0 Å². The SMILES string of the molecule is NCc1cncc(N2CCC(=O)c3ccccc32)n1. The maximum absolute atomic E-state index is 11.9. The predicted octanol–water partition coefficient (Wildman–Crippen LogP) is 1.66. The van der Waals surface area contributed by atoms with Crippen molar-refractivity contribution in [2.24, 2.45) is 5.73 Å². The molecule has 0 unspecified atom stereocenters. The monoisotopic (exact) mass is 254 g/mol. The Balaban J connectivity index is 2.06. The molecule has 0 saturated heterocycles. The lowest BCUT2D eigenvalue weighted by molar-refractivity contribution is 0.0981. The fourth-order valence-corrected chi connectivity index (χ4v) is 2.27. The van der Waals surface area contributed by atoms with Crippen LogP contribution in [0.4, 0.5) is 11.5 Å². The molecule has 19 heavy (non-hydrogen) atoms. The first-order valence-electron chi connectivity index (χ1n) is 6.20. The van der Waals surface area contributed by atoms with Crippen LogP contribution in [0.1, 0.15) is 22.5 Å². The van der Waals surface area contributed by atoms with Gasteiger partial charge in [0.1, 0.15) is 0 Å². The minimum absolute atomic E-state index is 0.176. The maximum atomic E-state index is 11.9. The van der Waals surface area contributed by atoms with Gasteiger partial charge in [-0.15, -0.1) is 0 Å². The second-order valence-corrected chi connectivity index (χ2v) is 4.41. The highest BCUT2D eigenvalue weighted by molar-refractivity contribution is 6.04. The number of carbonyl (C=O) groups excluding carboxylic acids is 1. The molecular formula is C14H14N4O. The van der Waals surface area contributed by atoms with Crippen molar-refractivity contribution >= 4 is 17.3 Å². The molecule has 1 aliphatic rings. The Morgan fingerprint density at radius 3 is 2.95 bits per heavy atom. The van der Waals surface area contributed by atoms with Gasteiger partial charge >= 0.3 is 0 Å². The van der Waals surface area contributed by atoms with Gasteiger partial charge in [-0.3, -0.25) is 9.78 Å². The van der Waals surface area contributed by atoms with Crippen molar-refractivity contribution in [1.29, 1.82) is 0 Å². The van der Waals surface area contributed by atoms with Crippen LogP contribution in [-0.2, 0) is 6.54 Å². The van der Waals surface area contributed by atoms with Crippen molar-refractivity contribution in [3.05, 3.63) is 47.9 Å². The molecule has 0 saturated carbocycles. The van der Waals surface area contributed by atoms with Crippen LogP contribution in [0.2, 0.25) is 0 Å². The summed E-state index contributed by atoms with van der Waals surface area (Å²) in [6.07, 6.45) is 3.85. The third-order valence-corrected chi connectivity index (χ3v) is 3.22. The maximum Gasteiger partial charge on any atom is 0.166 e. The molecule has 0 spiro atoms. The Morgan fingerprint density at radius 2 is 2.11 bits per heavy atom. The normalized spacial score (nSPS) is 14.4. The molecule has 0 amide bonds. The van der Waals surface area contributed by atoms with E-state index < -0.39 is 0 Å². The number of nitrogens with zero attached hydrogens (tertiary/aromatic N) is 3. The minimum Gasteiger partial charge on any atom is -0.325 e. The summed E-state index contributed by atoms with van der Waals surface area (Å²) in [4.78, 5) is 22.5. The number of ketones is 1. The number of anilines is 2. The zero-order valence-electron chi connectivity index (χ0n) is 10.4. The van der Waals surface area contributed by atoms with E-state index in [0.29, 0.717) is 19.5 Å². The number of hydrogen-bond donors (Lipinski definition) is 1. The molecule has 1 aromatic heterocycles. The van der Waals surface area contributed by atoms with Crippen LogP contribution < -0.4 is 10.6 Å². The minimum atomic E-state index is 0.176. The van der Waals surface area contributed by atoms with E-state index in [1.807, 2.05) is 29.2 Å². The van der Waals surface area contributed by atoms with E-state index in [2.05, 4.69) is 9.97 Å². The summed E-state index contributed by atoms with van der Waals surface area (Å²) >= 11 is 0. The van der Waals surface area contributed by atoms with E-state index >= 15 is 0 Å². The van der Waals surface area contributed by atoms with Crippen LogP contribution in [0.5, 0.6) is 0 Å². The van der Waals surface area contributed by atoms with Crippen LogP contribution in [0, 0.1) is 0 Å². The van der Waals surface area contributed by atoms with Crippen molar-refractivity contribution in [2.75, 3.05) is 11.4 Å². The standard InChI is InChI=1S/C14H14N4O/c15-7-10-8-16-9-14(17-10)18-6-5-13(19)11-3-1-2-4-12(11)18/h1-4,8-9H,5-7,15H2. The van der Waals surface area contributed by atoms with Crippen LogP contribution in [0.15, 0.2) is 36.7 Å². The third-order valence-electron chi connectivity index (χ3n) is 3.22. The van der Waals surface area contributed by atoms with E-state index in [0.717, 1.165) is 22.8 Å². The molecule has 0 aliphatic carbocycles. The van der Waals surface area contributed by atoms with Crippen molar-refractivity contribution in [2.45, 2.75) is 13.0 Å². The zero-order chi connectivity index (χ0) is 13.2. The Hall–Kier alpha value is -2.27. The van der Waals surface area contributed by atoms with Gasteiger partial charge in [0.15, 0.2) is 11.6 Å². The molecule has 2 heterocycles. The number of fused-ring (bicyclic) bond motifs is 1. The quantitative estimate of drug-likeness (QED) is 0.882. The smallest absolute Gasteiger partial charge is 0.166 e. The largest absolute Gasteiger partial charge is 0.325 e. The van der Waals surface area contributed by atoms with Crippen LogP contribution in [0.3, 0.4) is 0 Å². The Bertz CT molecular complexity index is 626. The van der Waals surface area contributed by atoms with Crippen molar-refractivity contribution < 1.29 is 4.79 Å². The van der Waals surface area contributed by atoms with Crippen molar-refractivity contribution in [3.63, 3.8) is 0 Å². The number of Topliss-reactive ketones (excluding diaryl/α,β-unsaturated/α-hetero) is 1. The van der Waals surface area contributed by atoms with Gasteiger partial charge in [0, 0.05) is 31.3 Å². The molecule has 3 rings (SSSR count). The van der Waals surface area contributed by atoms with Gasteiger partial charge in [0.25, 0.3) is 0 Å². The number of rotatable bonds is 2. The lowest BCUT2D eigenvalue weighted by Gasteiger charge is -2.29. The molecule has 1 aromatic carbocycles. The van der Waals surface area contributed by atoms with Gasteiger partial charge < -0.3 is 10.6 Å². The summed E-state index contributed by atoms with van der Waals surface area (Å²) < 4.78 is 0. The predicted molar refractivity (Wildman–Crippen MR) is 72.3 cm³/mol. The highest BCUT2D eigenvalue weighted by Crippen LogP contribution is 2.31. The number of para-hydroxylation sites is 1. The summed E-state index contributed by atoms with van der Waals surface area (Å²) in [6.45, 7) is 0.980. The molecular weight excluding hydrogens is 240 g/mol. The summed E-state index contributed by atoms with van der Waals surface area (Å²) in [5.74, 6) is 0.915. The molecule has 0 fully saturated rings. The van der Waals surface area contributed by atoms with E-state index in [4.69, 9.17) is 5.73 Å². The van der Waals surface area contributed by atoms with Crippen LogP contribution in [-0.4, -0.2) is 22.3 Å². The average Bonchev–Trinajstić information content (AvgIpc) is 2.48. The van der Waals surface area contributed by atoms with E-state index in [9.17, 15) is 4.79 Å². The average molecular weight is 254 g/mol. The Kier molecular flexibility index (Phi) is 2.97. The molecule has 1 aliphatic heterocycles. The van der Waals surface area contributed by atoms with Gasteiger partial charge in [-0.2, -0.15) is 0 Å². The number of aromatic nitrogens is 2. The molecule has 5 nitrogen and oxygen atoms in total. The first-order valence-corrected chi connectivity index (χ1v) is 6.20. The molecule has 96 valence electrons. The highest BCUT2D eigenvalue weighted by Gasteiger charge is 2.24. The fourth-order valence-electron chi connectivity index (χ4n) is 2.27. The second-order valence-electron chi connectivity index (χ2n) is 4.41. The fraction of sp³-hybridized carbons (Fsp3) is 0.214. The van der Waals surface area contributed by atoms with E-state index in [1.54, 1.807) is 12.4 Å². The van der Waals surface area contributed by atoms with Gasteiger partial charge in [-0.1, -0.05) is 12.1 Å². The van der Waals surface area contributed by atoms with E-state index in [1.165, 1.54) is 0 Å². The Labute approximate surface area is 111 Å². The molecule has 0 radical (unpaired) electrons. The first-order chi connectivity index (χ1) is 9.29. The van der Waals surface area contributed by atoms with Crippen molar-refractivity contribution in [3.8, 4) is 0 Å². The summed E-state index contributed by atoms with van der Waals surface area (Å²) in [7, 11) is 0. The second kappa shape index (κ2) is 4.78. The number of benzene rings is 1. The highest BCUT2D eigenvalue weighted by atomic mass is 16.1. The summed E-state index contributed by atoms with van der Waals surface area (Å²) in [5.41, 5.74) is 7.97. The Morgan fingerprint density at radius 1 is 1.26 bits per heavy atom. The third kappa shape index (κ3) is 2.08. The summed E-state index contributed by atoms with van der Waals surface area (Å²) in [6, 6.07) is 7.58. The molecule has 2 aromatic rings. The van der Waals surface area contributed by atoms with Gasteiger partial charge in [-0.25, -0.2) is 4.98 Å². The topological polar surface area (TPSA) is 72.1 Å². The number of carbonyl (C=O) groups is 1. The van der Waals surface area contributed by atoms with Crippen molar-refractivity contribution in [1.82, 2.24) is 9.97 Å². The van der Waals surface area contributed by atoms with Crippen LogP contribution >= 0.6 is 0 Å². The molecule has 2 N–H and O–H groups in total.